The third-order valence-electron chi connectivity index (χ3n) is 0. The van der Waals surface area contributed by atoms with Crippen LogP contribution in [0.25, 0.3) is 0 Å². The van der Waals surface area contributed by atoms with E-state index in [1.165, 1.54) is 0 Å². The van der Waals surface area contributed by atoms with Crippen molar-refractivity contribution in [1.82, 2.24) is 0 Å². The quantitative estimate of drug-likeness (QED) is 0.438. The molecule has 1 N–H and O–H groups in total. The van der Waals surface area contributed by atoms with Gasteiger partial charge < -0.3 is 0 Å². The third kappa shape index (κ3) is 223. The van der Waals surface area contributed by atoms with Crippen LogP contribution in [-0.4, -0.2) is 21.0 Å². The van der Waals surface area contributed by atoms with Crippen LogP contribution in [0.4, 0.5) is 0 Å². The van der Waals surface area contributed by atoms with Gasteiger partial charge in [-0.3, -0.25) is 0 Å². The van der Waals surface area contributed by atoms with Crippen molar-refractivity contribution in [1.29, 1.82) is 0 Å². The SMILES string of the molecule is [Al+3].[O]=[Ti]([O-])[OH].[O]=[Zr]([O-])[O-]. The van der Waals surface area contributed by atoms with Crippen LogP contribution in [-0.2, 0) is 47.4 Å². The van der Waals surface area contributed by atoms with E-state index >= 15 is 0 Å². The summed E-state index contributed by atoms with van der Waals surface area (Å²) in [6.07, 6.45) is 0. The number of hydrogen-bond acceptors (Lipinski definition) is 5. The normalized spacial score (nSPS) is 5.78. The molecule has 0 spiro atoms. The van der Waals surface area contributed by atoms with Gasteiger partial charge in [0.25, 0.3) is 0 Å². The fourth-order valence-corrected chi connectivity index (χ4v) is 0. The van der Waals surface area contributed by atoms with Crippen molar-refractivity contribution < 1.29 is 61.1 Å². The summed E-state index contributed by atoms with van der Waals surface area (Å²) in [7, 11) is 0. The van der Waals surface area contributed by atoms with Crippen molar-refractivity contribution in [3.63, 3.8) is 0 Å². The third-order valence-corrected chi connectivity index (χ3v) is 0. The van der Waals surface area contributed by atoms with Gasteiger partial charge in [-0.2, -0.15) is 0 Å². The molecule has 0 amide bonds. The molecule has 0 saturated heterocycles. The molecule has 48 valence electrons. The Kier molecular flexibility index (Phi) is 23.0. The van der Waals surface area contributed by atoms with E-state index in [-0.39, 0.29) is 17.4 Å². The fourth-order valence-electron chi connectivity index (χ4n) is 0. The molecule has 0 aromatic rings. The second kappa shape index (κ2) is 12.3. The summed E-state index contributed by atoms with van der Waals surface area (Å²) in [6, 6.07) is 0. The van der Waals surface area contributed by atoms with Crippen LogP contribution >= 0.6 is 0 Å². The number of rotatable bonds is 0. The summed E-state index contributed by atoms with van der Waals surface area (Å²) in [5, 5.41) is 0. The summed E-state index contributed by atoms with van der Waals surface area (Å²) in [5.74, 6) is 0. The van der Waals surface area contributed by atoms with Gasteiger partial charge in [0.15, 0.2) is 0 Å². The van der Waals surface area contributed by atoms with Crippen molar-refractivity contribution >= 4 is 17.4 Å². The predicted octanol–water partition coefficient (Wildman–Crippen LogP) is -4.75. The summed E-state index contributed by atoms with van der Waals surface area (Å²) in [6.45, 7) is 0. The molecule has 6 nitrogen and oxygen atoms in total. The maximum absolute atomic E-state index is 8.69. The molecule has 0 aliphatic heterocycles. The van der Waals surface area contributed by atoms with E-state index in [9.17, 15) is 0 Å². The summed E-state index contributed by atoms with van der Waals surface area (Å²) >= 11 is -8.13. The molecular formula is HAlO6TiZr. The standard InChI is InChI=1S/Al.H2O.5O.Ti.Zr/h;1H2;;;;;;;/q+3;;;;3*-1;+1;/p-1. The Balaban J connectivity index is -0.0000000720. The van der Waals surface area contributed by atoms with Crippen LogP contribution < -0.4 is 10.1 Å². The Hall–Kier alpha value is 1.57. The van der Waals surface area contributed by atoms with E-state index in [0.717, 1.165) is 0 Å². The molecule has 9 heavy (non-hydrogen) atoms. The maximum atomic E-state index is 8.69. The molecule has 0 aromatic heterocycles. The zero-order chi connectivity index (χ0) is 7.15. The van der Waals surface area contributed by atoms with Gasteiger partial charge in [0, 0.05) is 0 Å². The molecule has 0 atom stereocenters. The van der Waals surface area contributed by atoms with Crippen molar-refractivity contribution in [2.75, 3.05) is 0 Å². The summed E-state index contributed by atoms with van der Waals surface area (Å²) in [4.78, 5) is 0. The van der Waals surface area contributed by atoms with Gasteiger partial charge in [0.1, 0.15) is 0 Å². The van der Waals surface area contributed by atoms with E-state index < -0.39 is 41.3 Å². The molecule has 0 aliphatic carbocycles. The summed E-state index contributed by atoms with van der Waals surface area (Å²) in [5.41, 5.74) is 0. The van der Waals surface area contributed by atoms with E-state index in [2.05, 4.69) is 0 Å². The molecule has 9 heteroatoms. The molecule has 0 heterocycles. The Labute approximate surface area is 77.7 Å². The van der Waals surface area contributed by atoms with Crippen LogP contribution in [0, 0.1) is 0 Å². The van der Waals surface area contributed by atoms with Crippen LogP contribution in [0.2, 0.25) is 0 Å². The van der Waals surface area contributed by atoms with Gasteiger partial charge in [-0.15, -0.1) is 0 Å². The predicted molar refractivity (Wildman–Crippen MR) is 9.35 cm³/mol. The van der Waals surface area contributed by atoms with Crippen molar-refractivity contribution in [3.8, 4) is 0 Å². The van der Waals surface area contributed by atoms with Crippen molar-refractivity contribution in [2.24, 2.45) is 0 Å². The van der Waals surface area contributed by atoms with Crippen LogP contribution in [0.15, 0.2) is 0 Å². The fraction of sp³-hybridized carbons (Fsp3) is 0. The Morgan fingerprint density at radius 1 is 1.44 bits per heavy atom. The Bertz CT molecular complexity index is 71.1. The molecule has 0 fully saturated rings. The van der Waals surface area contributed by atoms with E-state index in [4.69, 9.17) is 19.9 Å². The molecule has 0 aromatic carbocycles. The first kappa shape index (κ1) is 16.9. The molecule has 0 unspecified atom stereocenters. The van der Waals surface area contributed by atoms with E-state index in [1.54, 1.807) is 0 Å². The topological polar surface area (TPSA) is 124 Å². The number of hydrogen-bond donors (Lipinski definition) is 1. The minimum atomic E-state index is -4.29. The molecule has 0 saturated carbocycles. The monoisotopic (exact) mass is 262 g/mol. The van der Waals surface area contributed by atoms with Crippen LogP contribution in [0.3, 0.4) is 0 Å². The molecular weight excluding hydrogens is 262 g/mol. The Morgan fingerprint density at radius 2 is 1.44 bits per heavy atom. The first-order chi connectivity index (χ1) is 3.46. The second-order valence-corrected chi connectivity index (χ2v) is 2.58. The zero-order valence-electron chi connectivity index (χ0n) is 4.07. The van der Waals surface area contributed by atoms with Crippen LogP contribution in [0.5, 0.6) is 0 Å². The van der Waals surface area contributed by atoms with Crippen molar-refractivity contribution in [3.05, 3.63) is 0 Å². The second-order valence-electron chi connectivity index (χ2n) is 0.516. The Morgan fingerprint density at radius 3 is 1.44 bits per heavy atom. The van der Waals surface area contributed by atoms with Gasteiger partial charge >= 0.3 is 78.5 Å². The van der Waals surface area contributed by atoms with Gasteiger partial charge in [-0.25, -0.2) is 0 Å². The van der Waals surface area contributed by atoms with Gasteiger partial charge in [-0.1, -0.05) is 0 Å². The average molecular weight is 263 g/mol. The minimum absolute atomic E-state index is 0. The van der Waals surface area contributed by atoms with Gasteiger partial charge in [-0.05, 0) is 0 Å². The molecule has 0 aliphatic rings. The molecule has 0 bridgehead atoms. The molecule has 0 rings (SSSR count). The first-order valence-corrected chi connectivity index (χ1v) is 6.23. The molecule has 0 radical (unpaired) electrons. The summed E-state index contributed by atoms with van der Waals surface area (Å²) < 4.78 is 50.3. The van der Waals surface area contributed by atoms with Crippen LogP contribution in [0.1, 0.15) is 0 Å². The average Bonchev–Trinajstić information content (AvgIpc) is 1.25. The van der Waals surface area contributed by atoms with Gasteiger partial charge in [0.05, 0.1) is 0 Å². The van der Waals surface area contributed by atoms with Gasteiger partial charge in [0.2, 0.25) is 0 Å². The van der Waals surface area contributed by atoms with Crippen molar-refractivity contribution in [2.45, 2.75) is 0 Å². The zero-order valence-corrected chi connectivity index (χ0v) is 9.24. The van der Waals surface area contributed by atoms with E-state index in [1.807, 2.05) is 0 Å². The first-order valence-electron chi connectivity index (χ1n) is 1.24. The van der Waals surface area contributed by atoms with E-state index in [0.29, 0.717) is 0 Å².